The predicted octanol–water partition coefficient (Wildman–Crippen LogP) is 2.38. The van der Waals surface area contributed by atoms with Crippen molar-refractivity contribution in [2.45, 2.75) is 19.8 Å². The third kappa shape index (κ3) is 7.67. The lowest BCUT2D eigenvalue weighted by Gasteiger charge is -2.09. The number of carbonyl (C=O) groups is 3. The van der Waals surface area contributed by atoms with Crippen LogP contribution in [0.15, 0.2) is 48.5 Å². The summed E-state index contributed by atoms with van der Waals surface area (Å²) >= 11 is 5.77. The lowest BCUT2D eigenvalue weighted by atomic mass is 10.2. The summed E-state index contributed by atoms with van der Waals surface area (Å²) in [4.78, 5) is 35.3. The van der Waals surface area contributed by atoms with E-state index in [0.717, 1.165) is 5.56 Å². The molecule has 0 aliphatic rings. The van der Waals surface area contributed by atoms with Gasteiger partial charge in [-0.05, 0) is 55.3 Å². The van der Waals surface area contributed by atoms with Crippen LogP contribution in [0.1, 0.15) is 28.8 Å². The number of hydrogen-bond acceptors (Lipinski definition) is 4. The van der Waals surface area contributed by atoms with Gasteiger partial charge >= 0.3 is 0 Å². The number of aryl methyl sites for hydroxylation is 1. The fraction of sp³-hybridized carbons (Fsp3) is 0.250. The fourth-order valence-electron chi connectivity index (χ4n) is 2.25. The Balaban J connectivity index is 1.57. The molecule has 0 unspecified atom stereocenters. The van der Waals surface area contributed by atoms with E-state index >= 15 is 0 Å². The Hall–Kier alpha value is -3.06. The molecule has 2 aromatic rings. The molecule has 0 heterocycles. The SMILES string of the molecule is Cc1cccc(OCC(=O)NNC(=O)CCCNC(=O)c2ccc(Cl)cc2)c1. The molecule has 0 saturated carbocycles. The summed E-state index contributed by atoms with van der Waals surface area (Å²) in [6.45, 7) is 2.05. The average Bonchev–Trinajstić information content (AvgIpc) is 2.68. The first-order valence-corrected chi connectivity index (χ1v) is 9.13. The molecular weight excluding hydrogens is 382 g/mol. The Morgan fingerprint density at radius 1 is 1.00 bits per heavy atom. The predicted molar refractivity (Wildman–Crippen MR) is 106 cm³/mol. The maximum atomic E-state index is 11.9. The summed E-state index contributed by atoms with van der Waals surface area (Å²) in [6, 6.07) is 13.8. The molecule has 0 saturated heterocycles. The summed E-state index contributed by atoms with van der Waals surface area (Å²) in [7, 11) is 0. The zero-order valence-corrected chi connectivity index (χ0v) is 16.2. The number of hydrazine groups is 1. The highest BCUT2D eigenvalue weighted by Gasteiger charge is 2.07. The summed E-state index contributed by atoms with van der Waals surface area (Å²) < 4.78 is 5.34. The van der Waals surface area contributed by atoms with E-state index in [1.807, 2.05) is 25.1 Å². The zero-order chi connectivity index (χ0) is 20.4. The van der Waals surface area contributed by atoms with Gasteiger partial charge in [0.15, 0.2) is 6.61 Å². The molecule has 2 aromatic carbocycles. The quantitative estimate of drug-likeness (QED) is 0.465. The number of ether oxygens (including phenoxy) is 1. The average molecular weight is 404 g/mol. The Labute approximate surface area is 168 Å². The molecule has 0 atom stereocenters. The molecule has 7 nitrogen and oxygen atoms in total. The van der Waals surface area contributed by atoms with Crippen LogP contribution >= 0.6 is 11.6 Å². The number of rotatable bonds is 8. The maximum absolute atomic E-state index is 11.9. The van der Waals surface area contributed by atoms with Gasteiger partial charge in [-0.15, -0.1) is 0 Å². The van der Waals surface area contributed by atoms with Crippen LogP contribution in [-0.4, -0.2) is 30.9 Å². The second kappa shape index (κ2) is 10.9. The standard InChI is InChI=1S/C20H22ClN3O4/c1-14-4-2-5-17(12-14)28-13-19(26)24-23-18(25)6-3-11-22-20(27)15-7-9-16(21)10-8-15/h2,4-5,7-10,12H,3,6,11,13H2,1H3,(H,22,27)(H,23,25)(H,24,26). The number of nitrogens with one attached hydrogen (secondary N) is 3. The minimum absolute atomic E-state index is 0.153. The Bertz CT molecular complexity index is 824. The first-order valence-electron chi connectivity index (χ1n) is 8.75. The van der Waals surface area contributed by atoms with Crippen molar-refractivity contribution in [1.29, 1.82) is 0 Å². The van der Waals surface area contributed by atoms with Crippen molar-refractivity contribution < 1.29 is 19.1 Å². The first-order chi connectivity index (χ1) is 13.4. The molecule has 0 spiro atoms. The molecule has 0 fully saturated rings. The van der Waals surface area contributed by atoms with Crippen molar-refractivity contribution >= 4 is 29.3 Å². The minimum Gasteiger partial charge on any atom is -0.484 e. The zero-order valence-electron chi connectivity index (χ0n) is 15.5. The summed E-state index contributed by atoms with van der Waals surface area (Å²) in [5.74, 6) is -0.480. The van der Waals surface area contributed by atoms with Gasteiger partial charge in [0.25, 0.3) is 11.8 Å². The van der Waals surface area contributed by atoms with Gasteiger partial charge in [0.2, 0.25) is 5.91 Å². The van der Waals surface area contributed by atoms with E-state index in [4.69, 9.17) is 16.3 Å². The molecule has 2 rings (SSSR count). The largest absolute Gasteiger partial charge is 0.484 e. The van der Waals surface area contributed by atoms with Gasteiger partial charge in [0.05, 0.1) is 0 Å². The monoisotopic (exact) mass is 403 g/mol. The van der Waals surface area contributed by atoms with E-state index in [-0.39, 0.29) is 24.8 Å². The van der Waals surface area contributed by atoms with Crippen LogP contribution in [0.2, 0.25) is 5.02 Å². The second-order valence-corrected chi connectivity index (χ2v) is 6.50. The van der Waals surface area contributed by atoms with Gasteiger partial charge in [-0.25, -0.2) is 0 Å². The number of amides is 3. The van der Waals surface area contributed by atoms with Crippen LogP contribution in [0.5, 0.6) is 5.75 Å². The topological polar surface area (TPSA) is 96.5 Å². The van der Waals surface area contributed by atoms with Gasteiger partial charge in [0.1, 0.15) is 5.75 Å². The third-order valence-electron chi connectivity index (χ3n) is 3.67. The molecular formula is C20H22ClN3O4. The van der Waals surface area contributed by atoms with Crippen molar-refractivity contribution in [3.63, 3.8) is 0 Å². The molecule has 3 amide bonds. The molecule has 0 bridgehead atoms. The van der Waals surface area contributed by atoms with Crippen molar-refractivity contribution in [3.05, 3.63) is 64.7 Å². The number of halogens is 1. The van der Waals surface area contributed by atoms with E-state index in [2.05, 4.69) is 16.2 Å². The van der Waals surface area contributed by atoms with Crippen LogP contribution in [-0.2, 0) is 9.59 Å². The molecule has 28 heavy (non-hydrogen) atoms. The van der Waals surface area contributed by atoms with Crippen LogP contribution in [0.4, 0.5) is 0 Å². The van der Waals surface area contributed by atoms with E-state index < -0.39 is 5.91 Å². The maximum Gasteiger partial charge on any atom is 0.276 e. The smallest absolute Gasteiger partial charge is 0.276 e. The number of hydrogen-bond donors (Lipinski definition) is 3. The summed E-state index contributed by atoms with van der Waals surface area (Å²) in [6.07, 6.45) is 0.584. The molecule has 0 aliphatic heterocycles. The van der Waals surface area contributed by atoms with Crippen molar-refractivity contribution in [2.75, 3.05) is 13.2 Å². The highest BCUT2D eigenvalue weighted by molar-refractivity contribution is 6.30. The van der Waals surface area contributed by atoms with Crippen molar-refractivity contribution in [1.82, 2.24) is 16.2 Å². The molecule has 8 heteroatoms. The molecule has 0 radical (unpaired) electrons. The van der Waals surface area contributed by atoms with Crippen LogP contribution in [0, 0.1) is 6.92 Å². The van der Waals surface area contributed by atoms with E-state index in [1.165, 1.54) is 0 Å². The first kappa shape index (κ1) is 21.2. The van der Waals surface area contributed by atoms with Gasteiger partial charge < -0.3 is 10.1 Å². The van der Waals surface area contributed by atoms with Gasteiger partial charge in [-0.3, -0.25) is 25.2 Å². The van der Waals surface area contributed by atoms with Gasteiger partial charge in [-0.2, -0.15) is 0 Å². The molecule has 0 aliphatic carbocycles. The van der Waals surface area contributed by atoms with E-state index in [9.17, 15) is 14.4 Å². The Kier molecular flexibility index (Phi) is 8.30. The van der Waals surface area contributed by atoms with Crippen LogP contribution in [0.25, 0.3) is 0 Å². The van der Waals surface area contributed by atoms with Crippen LogP contribution < -0.4 is 20.9 Å². The number of benzene rings is 2. The van der Waals surface area contributed by atoms with Crippen molar-refractivity contribution in [3.8, 4) is 5.75 Å². The minimum atomic E-state index is -0.467. The normalized spacial score (nSPS) is 10.1. The molecule has 0 aromatic heterocycles. The Morgan fingerprint density at radius 3 is 2.43 bits per heavy atom. The number of carbonyl (C=O) groups excluding carboxylic acids is 3. The highest BCUT2D eigenvalue weighted by Crippen LogP contribution is 2.12. The van der Waals surface area contributed by atoms with Gasteiger partial charge in [0, 0.05) is 23.6 Å². The second-order valence-electron chi connectivity index (χ2n) is 6.07. The highest BCUT2D eigenvalue weighted by atomic mass is 35.5. The Morgan fingerprint density at radius 2 is 1.71 bits per heavy atom. The van der Waals surface area contributed by atoms with Crippen molar-refractivity contribution in [2.24, 2.45) is 0 Å². The van der Waals surface area contributed by atoms with Crippen LogP contribution in [0.3, 0.4) is 0 Å². The summed E-state index contributed by atoms with van der Waals surface area (Å²) in [5, 5.41) is 3.27. The molecule has 3 N–H and O–H groups in total. The lowest BCUT2D eigenvalue weighted by Crippen LogP contribution is -2.44. The molecule has 148 valence electrons. The van der Waals surface area contributed by atoms with E-state index in [0.29, 0.717) is 29.3 Å². The lowest BCUT2D eigenvalue weighted by molar-refractivity contribution is -0.130. The third-order valence-corrected chi connectivity index (χ3v) is 3.93. The summed E-state index contributed by atoms with van der Waals surface area (Å²) in [5.41, 5.74) is 6.11. The van der Waals surface area contributed by atoms with E-state index in [1.54, 1.807) is 30.3 Å². The fourth-order valence-corrected chi connectivity index (χ4v) is 2.37. The van der Waals surface area contributed by atoms with Gasteiger partial charge in [-0.1, -0.05) is 23.7 Å².